The first-order valence-corrected chi connectivity index (χ1v) is 9.76. The van der Waals surface area contributed by atoms with Crippen LogP contribution in [-0.2, 0) is 22.6 Å². The topological polar surface area (TPSA) is 49.4 Å². The van der Waals surface area contributed by atoms with Crippen LogP contribution in [0.2, 0.25) is 5.02 Å². The number of nitrogens with zero attached hydrogens (tertiary/aromatic N) is 1. The maximum absolute atomic E-state index is 14.1. The highest BCUT2D eigenvalue weighted by molar-refractivity contribution is 6.31. The number of halogens is 2. The fourth-order valence-electron chi connectivity index (χ4n) is 2.82. The van der Waals surface area contributed by atoms with E-state index in [1.165, 1.54) is 17.0 Å². The third-order valence-corrected chi connectivity index (χ3v) is 4.93. The van der Waals surface area contributed by atoms with E-state index in [4.69, 9.17) is 11.6 Å². The van der Waals surface area contributed by atoms with Gasteiger partial charge in [0, 0.05) is 23.7 Å². The third-order valence-electron chi connectivity index (χ3n) is 4.58. The summed E-state index contributed by atoms with van der Waals surface area (Å²) in [5, 5.41) is 3.02. The number of rotatable bonds is 8. The lowest BCUT2D eigenvalue weighted by molar-refractivity contribution is -0.140. The van der Waals surface area contributed by atoms with Crippen LogP contribution in [0.4, 0.5) is 4.39 Å². The van der Waals surface area contributed by atoms with Crippen molar-refractivity contribution in [2.45, 2.75) is 46.2 Å². The van der Waals surface area contributed by atoms with Crippen molar-refractivity contribution in [3.05, 3.63) is 70.0 Å². The number of benzene rings is 2. The first-order chi connectivity index (χ1) is 13.3. The van der Waals surface area contributed by atoms with Crippen molar-refractivity contribution in [1.82, 2.24) is 10.2 Å². The Labute approximate surface area is 170 Å². The van der Waals surface area contributed by atoms with Gasteiger partial charge in [-0.05, 0) is 38.0 Å². The van der Waals surface area contributed by atoms with Gasteiger partial charge in [0.25, 0.3) is 0 Å². The van der Waals surface area contributed by atoms with Crippen LogP contribution in [0.1, 0.15) is 37.0 Å². The van der Waals surface area contributed by atoms with E-state index in [0.717, 1.165) is 17.5 Å². The molecule has 1 unspecified atom stereocenters. The largest absolute Gasteiger partial charge is 0.354 e. The number of carbonyl (C=O) groups excluding carboxylic acids is 2. The minimum Gasteiger partial charge on any atom is -0.354 e. The molecular weight excluding hydrogens is 379 g/mol. The summed E-state index contributed by atoms with van der Waals surface area (Å²) in [6.45, 7) is 6.41. The van der Waals surface area contributed by atoms with Crippen molar-refractivity contribution in [3.63, 3.8) is 0 Å². The minimum absolute atomic E-state index is 0.143. The molecule has 0 saturated heterocycles. The van der Waals surface area contributed by atoms with Gasteiger partial charge in [0.05, 0.1) is 6.42 Å². The zero-order valence-electron chi connectivity index (χ0n) is 16.5. The van der Waals surface area contributed by atoms with E-state index in [2.05, 4.69) is 5.32 Å². The lowest BCUT2D eigenvalue weighted by atomic mass is 10.1. The van der Waals surface area contributed by atoms with E-state index in [-0.39, 0.29) is 35.4 Å². The number of nitrogens with one attached hydrogen (secondary N) is 1. The molecule has 0 bridgehead atoms. The van der Waals surface area contributed by atoms with Crippen LogP contribution >= 0.6 is 11.6 Å². The first-order valence-electron chi connectivity index (χ1n) is 9.39. The van der Waals surface area contributed by atoms with Crippen LogP contribution in [0.5, 0.6) is 0 Å². The summed E-state index contributed by atoms with van der Waals surface area (Å²) < 4.78 is 14.1. The normalized spacial score (nSPS) is 11.8. The molecule has 0 heterocycles. The van der Waals surface area contributed by atoms with E-state index in [0.29, 0.717) is 6.54 Å². The van der Waals surface area contributed by atoms with Gasteiger partial charge in [-0.1, -0.05) is 54.4 Å². The molecule has 28 heavy (non-hydrogen) atoms. The molecule has 2 rings (SSSR count). The van der Waals surface area contributed by atoms with Crippen LogP contribution in [0.15, 0.2) is 42.5 Å². The minimum atomic E-state index is -0.689. The highest BCUT2D eigenvalue weighted by Gasteiger charge is 2.27. The van der Waals surface area contributed by atoms with Crippen LogP contribution in [-0.4, -0.2) is 29.3 Å². The lowest BCUT2D eigenvalue weighted by Gasteiger charge is -2.29. The summed E-state index contributed by atoms with van der Waals surface area (Å²) >= 11 is 6.08. The SMILES string of the molecule is CCCNC(=O)C(C)N(Cc1ccc(C)cc1)C(=O)Cc1c(F)cccc1Cl. The maximum Gasteiger partial charge on any atom is 0.242 e. The standard InChI is InChI=1S/C22H26ClFN2O2/c1-4-12-25-22(28)16(3)26(14-17-10-8-15(2)9-11-17)21(27)13-18-19(23)6-5-7-20(18)24/h5-11,16H,4,12-14H2,1-3H3,(H,25,28). The number of hydrogen-bond donors (Lipinski definition) is 1. The molecule has 0 spiro atoms. The molecule has 150 valence electrons. The van der Waals surface area contributed by atoms with E-state index >= 15 is 0 Å². The summed E-state index contributed by atoms with van der Waals surface area (Å²) in [7, 11) is 0. The van der Waals surface area contributed by atoms with Crippen molar-refractivity contribution in [3.8, 4) is 0 Å². The van der Waals surface area contributed by atoms with Gasteiger partial charge in [-0.15, -0.1) is 0 Å². The summed E-state index contributed by atoms with van der Waals surface area (Å²) in [5.74, 6) is -1.12. The van der Waals surface area contributed by atoms with Gasteiger partial charge >= 0.3 is 0 Å². The van der Waals surface area contributed by atoms with Crippen molar-refractivity contribution in [1.29, 1.82) is 0 Å². The third kappa shape index (κ3) is 5.80. The van der Waals surface area contributed by atoms with Gasteiger partial charge in [0.2, 0.25) is 11.8 Å². The number of amides is 2. The van der Waals surface area contributed by atoms with Gasteiger partial charge < -0.3 is 10.2 Å². The van der Waals surface area contributed by atoms with E-state index in [1.807, 2.05) is 38.1 Å². The van der Waals surface area contributed by atoms with Gasteiger partial charge in [-0.25, -0.2) is 4.39 Å². The van der Waals surface area contributed by atoms with Gasteiger partial charge in [-0.2, -0.15) is 0 Å². The molecule has 4 nitrogen and oxygen atoms in total. The fraction of sp³-hybridized carbons (Fsp3) is 0.364. The monoisotopic (exact) mass is 404 g/mol. The van der Waals surface area contributed by atoms with Crippen LogP contribution in [0.3, 0.4) is 0 Å². The molecule has 0 aliphatic rings. The van der Waals surface area contributed by atoms with Gasteiger partial charge in [0.1, 0.15) is 11.9 Å². The average Bonchev–Trinajstić information content (AvgIpc) is 2.67. The Hall–Kier alpha value is -2.40. The van der Waals surface area contributed by atoms with E-state index in [1.54, 1.807) is 13.0 Å². The molecule has 0 aliphatic heterocycles. The van der Waals surface area contributed by atoms with Crippen molar-refractivity contribution < 1.29 is 14.0 Å². The fourth-order valence-corrected chi connectivity index (χ4v) is 3.05. The maximum atomic E-state index is 14.1. The second kappa shape index (κ2) is 10.2. The van der Waals surface area contributed by atoms with Crippen molar-refractivity contribution in [2.75, 3.05) is 6.54 Å². The molecule has 0 fully saturated rings. The Morgan fingerprint density at radius 2 is 1.86 bits per heavy atom. The molecule has 1 atom stereocenters. The number of hydrogen-bond acceptors (Lipinski definition) is 2. The van der Waals surface area contributed by atoms with Crippen molar-refractivity contribution >= 4 is 23.4 Å². The van der Waals surface area contributed by atoms with Gasteiger partial charge in [-0.3, -0.25) is 9.59 Å². The summed E-state index contributed by atoms with van der Waals surface area (Å²) in [4.78, 5) is 27.0. The Morgan fingerprint density at radius 1 is 1.18 bits per heavy atom. The molecule has 2 amide bonds. The molecule has 0 aliphatic carbocycles. The Morgan fingerprint density at radius 3 is 2.46 bits per heavy atom. The molecule has 2 aromatic carbocycles. The van der Waals surface area contributed by atoms with Crippen LogP contribution in [0.25, 0.3) is 0 Å². The molecule has 2 aromatic rings. The average molecular weight is 405 g/mol. The van der Waals surface area contributed by atoms with Crippen molar-refractivity contribution in [2.24, 2.45) is 0 Å². The van der Waals surface area contributed by atoms with Crippen LogP contribution < -0.4 is 5.32 Å². The lowest BCUT2D eigenvalue weighted by Crippen LogP contribution is -2.48. The number of carbonyl (C=O) groups is 2. The summed E-state index contributed by atoms with van der Waals surface area (Å²) in [5.41, 5.74) is 2.14. The number of aryl methyl sites for hydroxylation is 1. The Kier molecular flexibility index (Phi) is 8.00. The van der Waals surface area contributed by atoms with Crippen LogP contribution in [0, 0.1) is 12.7 Å². The zero-order chi connectivity index (χ0) is 20.7. The molecule has 6 heteroatoms. The Balaban J connectivity index is 2.26. The molecular formula is C22H26ClFN2O2. The van der Waals surface area contributed by atoms with E-state index < -0.39 is 11.9 Å². The molecule has 0 radical (unpaired) electrons. The summed E-state index contributed by atoms with van der Waals surface area (Å²) in [6.07, 6.45) is 0.595. The smallest absolute Gasteiger partial charge is 0.242 e. The molecule has 0 saturated carbocycles. The molecule has 0 aromatic heterocycles. The second-order valence-electron chi connectivity index (χ2n) is 6.85. The predicted molar refractivity (Wildman–Crippen MR) is 110 cm³/mol. The second-order valence-corrected chi connectivity index (χ2v) is 7.26. The zero-order valence-corrected chi connectivity index (χ0v) is 17.2. The summed E-state index contributed by atoms with van der Waals surface area (Å²) in [6, 6.07) is 11.4. The highest BCUT2D eigenvalue weighted by atomic mass is 35.5. The highest BCUT2D eigenvalue weighted by Crippen LogP contribution is 2.21. The predicted octanol–water partition coefficient (Wildman–Crippen LogP) is 4.27. The van der Waals surface area contributed by atoms with Gasteiger partial charge in [0.15, 0.2) is 0 Å². The Bertz CT molecular complexity index is 804. The first kappa shape index (κ1) is 21.9. The molecule has 1 N–H and O–H groups in total. The quantitative estimate of drug-likeness (QED) is 0.714. The van der Waals surface area contributed by atoms with E-state index in [9.17, 15) is 14.0 Å².